The third-order valence-electron chi connectivity index (χ3n) is 4.05. The quantitative estimate of drug-likeness (QED) is 0.359. The number of carbonyl (C=O) groups excluding carboxylic acids is 2. The van der Waals surface area contributed by atoms with Crippen LogP contribution in [-0.4, -0.2) is 44.8 Å². The van der Waals surface area contributed by atoms with Gasteiger partial charge in [0.05, 0.1) is 9.26 Å². The maximum absolute atomic E-state index is 12.1. The van der Waals surface area contributed by atoms with Crippen LogP contribution in [0.4, 0.5) is 0 Å². The molecule has 29 heavy (non-hydrogen) atoms. The zero-order valence-electron chi connectivity index (χ0n) is 15.7. The maximum Gasteiger partial charge on any atom is 0.316 e. The fourth-order valence-electron chi connectivity index (χ4n) is 2.50. The Morgan fingerprint density at radius 1 is 1.14 bits per heavy atom. The average molecular weight is 529 g/mol. The fourth-order valence-corrected chi connectivity index (χ4v) is 3.02. The van der Waals surface area contributed by atoms with Crippen LogP contribution in [0.15, 0.2) is 28.8 Å². The Hall–Kier alpha value is -2.47. The Morgan fingerprint density at radius 3 is 2.41 bits per heavy atom. The van der Waals surface area contributed by atoms with Crippen LogP contribution in [0.25, 0.3) is 0 Å². The fraction of sp³-hybridized carbons (Fsp3) is 0.278. The number of aromatic nitrogens is 4. The van der Waals surface area contributed by atoms with Gasteiger partial charge in [-0.2, -0.15) is 10.1 Å². The van der Waals surface area contributed by atoms with E-state index >= 15 is 0 Å². The highest BCUT2D eigenvalue weighted by atomic mass is 127. The number of hydrogen-bond acceptors (Lipinski definition) is 6. The molecule has 2 N–H and O–H groups in total. The SMILES string of the molecule is Cc1nn(Cc2noc(C(=O)NCCNC(=O)c3ccc(Cl)cc3)n2)c(C)c1I. The van der Waals surface area contributed by atoms with Gasteiger partial charge in [-0.05, 0) is 60.7 Å². The molecule has 3 aromatic rings. The van der Waals surface area contributed by atoms with E-state index in [1.807, 2.05) is 13.8 Å². The topological polar surface area (TPSA) is 115 Å². The molecule has 2 heterocycles. The van der Waals surface area contributed by atoms with Crippen LogP contribution < -0.4 is 10.6 Å². The lowest BCUT2D eigenvalue weighted by Gasteiger charge is -2.05. The lowest BCUT2D eigenvalue weighted by atomic mass is 10.2. The minimum atomic E-state index is -0.507. The van der Waals surface area contributed by atoms with Crippen LogP contribution in [0, 0.1) is 17.4 Å². The summed E-state index contributed by atoms with van der Waals surface area (Å²) in [6.45, 7) is 4.65. The summed E-state index contributed by atoms with van der Waals surface area (Å²) in [5.74, 6) is -0.545. The van der Waals surface area contributed by atoms with Crippen LogP contribution in [0.1, 0.15) is 38.3 Å². The number of nitrogens with zero attached hydrogens (tertiary/aromatic N) is 4. The molecule has 1 aromatic carbocycles. The number of benzene rings is 1. The summed E-state index contributed by atoms with van der Waals surface area (Å²) in [5.41, 5.74) is 2.40. The normalized spacial score (nSPS) is 10.8. The predicted octanol–water partition coefficient (Wildman–Crippen LogP) is 2.35. The molecule has 11 heteroatoms. The minimum Gasteiger partial charge on any atom is -0.350 e. The van der Waals surface area contributed by atoms with Crippen molar-refractivity contribution in [3.8, 4) is 0 Å². The molecule has 0 radical (unpaired) electrons. The highest BCUT2D eigenvalue weighted by Gasteiger charge is 2.17. The molecule has 9 nitrogen and oxygen atoms in total. The molecular weight excluding hydrogens is 511 g/mol. The van der Waals surface area contributed by atoms with E-state index in [4.69, 9.17) is 16.1 Å². The summed E-state index contributed by atoms with van der Waals surface area (Å²) >= 11 is 8.02. The highest BCUT2D eigenvalue weighted by molar-refractivity contribution is 14.1. The number of nitrogens with one attached hydrogen (secondary N) is 2. The van der Waals surface area contributed by atoms with Crippen LogP contribution in [-0.2, 0) is 6.54 Å². The third-order valence-corrected chi connectivity index (χ3v) is 5.86. The molecule has 0 spiro atoms. The summed E-state index contributed by atoms with van der Waals surface area (Å²) < 4.78 is 7.85. The lowest BCUT2D eigenvalue weighted by Crippen LogP contribution is -2.34. The zero-order valence-corrected chi connectivity index (χ0v) is 18.6. The van der Waals surface area contributed by atoms with Crippen LogP contribution >= 0.6 is 34.2 Å². The summed E-state index contributed by atoms with van der Waals surface area (Å²) in [6.07, 6.45) is 0. The van der Waals surface area contributed by atoms with Gasteiger partial charge in [-0.15, -0.1) is 0 Å². The monoisotopic (exact) mass is 528 g/mol. The lowest BCUT2D eigenvalue weighted by molar-refractivity contribution is 0.0898. The first-order valence-corrected chi connectivity index (χ1v) is 10.1. The predicted molar refractivity (Wildman–Crippen MR) is 114 cm³/mol. The largest absolute Gasteiger partial charge is 0.350 e. The van der Waals surface area contributed by atoms with Gasteiger partial charge in [0.25, 0.3) is 5.91 Å². The van der Waals surface area contributed by atoms with E-state index < -0.39 is 5.91 Å². The second kappa shape index (κ2) is 9.35. The second-order valence-corrected chi connectivity index (χ2v) is 7.69. The smallest absolute Gasteiger partial charge is 0.316 e. The Morgan fingerprint density at radius 2 is 1.79 bits per heavy atom. The van der Waals surface area contributed by atoms with Crippen molar-refractivity contribution < 1.29 is 14.1 Å². The van der Waals surface area contributed by atoms with Gasteiger partial charge in [-0.25, -0.2) is 0 Å². The van der Waals surface area contributed by atoms with Crippen molar-refractivity contribution in [1.82, 2.24) is 30.6 Å². The van der Waals surface area contributed by atoms with Gasteiger partial charge in [-0.1, -0.05) is 16.8 Å². The number of halogens is 2. The maximum atomic E-state index is 12.1. The second-order valence-electron chi connectivity index (χ2n) is 6.18. The van der Waals surface area contributed by atoms with Crippen LogP contribution in [0.2, 0.25) is 5.02 Å². The van der Waals surface area contributed by atoms with E-state index in [1.54, 1.807) is 28.9 Å². The van der Waals surface area contributed by atoms with Crippen LogP contribution in [0.5, 0.6) is 0 Å². The molecule has 0 aliphatic carbocycles. The average Bonchev–Trinajstić information content (AvgIpc) is 3.26. The van der Waals surface area contributed by atoms with Crippen molar-refractivity contribution in [2.24, 2.45) is 0 Å². The number of aryl methyl sites for hydroxylation is 1. The first-order valence-electron chi connectivity index (χ1n) is 8.69. The van der Waals surface area contributed by atoms with Gasteiger partial charge in [-0.3, -0.25) is 14.3 Å². The van der Waals surface area contributed by atoms with Crippen molar-refractivity contribution >= 4 is 46.0 Å². The molecule has 0 aliphatic heterocycles. The zero-order chi connectivity index (χ0) is 21.0. The van der Waals surface area contributed by atoms with Gasteiger partial charge < -0.3 is 15.2 Å². The molecule has 2 amide bonds. The van der Waals surface area contributed by atoms with Crippen molar-refractivity contribution in [1.29, 1.82) is 0 Å². The van der Waals surface area contributed by atoms with E-state index in [9.17, 15) is 9.59 Å². The standard InChI is InChI=1S/C18H18ClIN6O3/c1-10-15(20)11(2)26(24-10)9-14-23-18(29-25-14)17(28)22-8-7-21-16(27)12-3-5-13(19)6-4-12/h3-6H,7-9H2,1-2H3,(H,21,27)(H,22,28). The van der Waals surface area contributed by atoms with Gasteiger partial charge >= 0.3 is 11.8 Å². The molecule has 0 unspecified atom stereocenters. The Labute approximate surface area is 185 Å². The third kappa shape index (κ3) is 5.32. The minimum absolute atomic E-state index is 0.139. The molecule has 0 bridgehead atoms. The van der Waals surface area contributed by atoms with E-state index in [0.717, 1.165) is 15.0 Å². The van der Waals surface area contributed by atoms with E-state index in [1.165, 1.54) is 0 Å². The molecule has 2 aromatic heterocycles. The summed E-state index contributed by atoms with van der Waals surface area (Å²) in [4.78, 5) is 28.2. The van der Waals surface area contributed by atoms with E-state index in [-0.39, 0.29) is 24.9 Å². The molecule has 0 fully saturated rings. The molecule has 0 saturated carbocycles. The highest BCUT2D eigenvalue weighted by Crippen LogP contribution is 2.16. The first-order chi connectivity index (χ1) is 13.8. The summed E-state index contributed by atoms with van der Waals surface area (Å²) in [5, 5.41) is 14.1. The number of amides is 2. The number of hydrogen-bond donors (Lipinski definition) is 2. The van der Waals surface area contributed by atoms with Gasteiger partial charge in [0.1, 0.15) is 6.54 Å². The molecule has 0 saturated heterocycles. The first kappa shape index (κ1) is 21.2. The van der Waals surface area contributed by atoms with Gasteiger partial charge in [0.2, 0.25) is 0 Å². The van der Waals surface area contributed by atoms with Crippen LogP contribution in [0.3, 0.4) is 0 Å². The Bertz CT molecular complexity index is 1030. The Kier molecular flexibility index (Phi) is 6.85. The molecule has 0 atom stereocenters. The molecular formula is C18H18ClIN6O3. The van der Waals surface area contributed by atoms with Crippen molar-refractivity contribution in [3.63, 3.8) is 0 Å². The molecule has 0 aliphatic rings. The van der Waals surface area contributed by atoms with Crippen molar-refractivity contribution in [2.45, 2.75) is 20.4 Å². The summed E-state index contributed by atoms with van der Waals surface area (Å²) in [6, 6.07) is 6.52. The van der Waals surface area contributed by atoms with Gasteiger partial charge in [0.15, 0.2) is 5.82 Å². The van der Waals surface area contributed by atoms with E-state index in [2.05, 4.69) is 48.5 Å². The number of carbonyl (C=O) groups is 2. The number of rotatable bonds is 7. The molecule has 152 valence electrons. The Balaban J connectivity index is 1.47. The van der Waals surface area contributed by atoms with Crippen molar-refractivity contribution in [2.75, 3.05) is 13.1 Å². The van der Waals surface area contributed by atoms with Crippen molar-refractivity contribution in [3.05, 3.63) is 61.5 Å². The van der Waals surface area contributed by atoms with E-state index in [0.29, 0.717) is 23.0 Å². The summed E-state index contributed by atoms with van der Waals surface area (Å²) in [7, 11) is 0. The molecule has 3 rings (SSSR count). The van der Waals surface area contributed by atoms with Gasteiger partial charge in [0, 0.05) is 29.4 Å².